The Morgan fingerprint density at radius 2 is 1.91 bits per heavy atom. The Morgan fingerprint density at radius 1 is 1.24 bits per heavy atom. The molecule has 1 fully saturated rings. The lowest BCUT2D eigenvalue weighted by molar-refractivity contribution is -0.136. The molecular weight excluding hydrogens is 428 g/mol. The lowest BCUT2D eigenvalue weighted by Gasteiger charge is -2.36. The third-order valence-corrected chi connectivity index (χ3v) is 5.83. The predicted molar refractivity (Wildman–Crippen MR) is 123 cm³/mol. The van der Waals surface area contributed by atoms with E-state index in [1.54, 1.807) is 22.9 Å². The molecule has 6 nitrogen and oxygen atoms in total. The van der Waals surface area contributed by atoms with Gasteiger partial charge in [0.15, 0.2) is 0 Å². The molecule has 1 aromatic carbocycles. The van der Waals surface area contributed by atoms with Gasteiger partial charge in [0, 0.05) is 56.6 Å². The smallest absolute Gasteiger partial charge is 0.251 e. The van der Waals surface area contributed by atoms with Crippen molar-refractivity contribution in [3.8, 4) is 0 Å². The Bertz CT molecular complexity index is 1050. The van der Waals surface area contributed by atoms with Crippen LogP contribution in [0.15, 0.2) is 54.0 Å². The second-order valence-corrected chi connectivity index (χ2v) is 8.19. The fraction of sp³-hybridized carbons (Fsp3) is 0.360. The van der Waals surface area contributed by atoms with Crippen LogP contribution >= 0.6 is 0 Å². The first-order valence-corrected chi connectivity index (χ1v) is 10.7. The average Bonchev–Trinajstić information content (AvgIpc) is 2.76. The van der Waals surface area contributed by atoms with E-state index in [9.17, 15) is 9.59 Å². The van der Waals surface area contributed by atoms with Crippen molar-refractivity contribution in [2.24, 2.45) is 0 Å². The number of nitrogens with zero attached hydrogens (tertiary/aromatic N) is 2. The van der Waals surface area contributed by atoms with Gasteiger partial charge in [-0.05, 0) is 49.3 Å². The Hall–Kier alpha value is -3.26. The topological polar surface area (TPSA) is 61.9 Å². The highest BCUT2D eigenvalue weighted by molar-refractivity contribution is 5.94. The van der Waals surface area contributed by atoms with Gasteiger partial charge < -0.3 is 19.9 Å². The average molecular weight is 458 g/mol. The van der Waals surface area contributed by atoms with E-state index in [4.69, 9.17) is 4.74 Å². The second kappa shape index (κ2) is 10.1. The van der Waals surface area contributed by atoms with Crippen LogP contribution in [0.5, 0.6) is 0 Å². The normalized spacial score (nSPS) is 19.3. The molecule has 1 saturated heterocycles. The quantitative estimate of drug-likeness (QED) is 0.727. The third kappa shape index (κ3) is 5.39. The zero-order valence-electron chi connectivity index (χ0n) is 19.4. The molecule has 1 N–H and O–H groups in total. The van der Waals surface area contributed by atoms with Crippen LogP contribution in [0.2, 0.25) is 0 Å². The first-order chi connectivity index (χ1) is 15.6. The first-order valence-electron chi connectivity index (χ1n) is 10.7. The van der Waals surface area contributed by atoms with E-state index < -0.39 is 17.5 Å². The van der Waals surface area contributed by atoms with Crippen LogP contribution in [0.3, 0.4) is 0 Å². The number of halogens is 2. The SMILES string of the molecule is C=C1C=C(C)C=CN1/C(CC1CN(C(C)=O)CCO1)=C(\C)c1c(F)cc(C(=O)NC)cc1F. The molecule has 2 aliphatic heterocycles. The molecule has 176 valence electrons. The number of allylic oxidation sites excluding steroid dienone is 4. The van der Waals surface area contributed by atoms with Crippen molar-refractivity contribution in [2.45, 2.75) is 33.3 Å². The lowest BCUT2D eigenvalue weighted by atomic mass is 9.97. The minimum absolute atomic E-state index is 0.0479. The molecule has 0 saturated carbocycles. The summed E-state index contributed by atoms with van der Waals surface area (Å²) in [5, 5.41) is 2.37. The maximum atomic E-state index is 15.1. The molecule has 0 aromatic heterocycles. The molecule has 2 heterocycles. The van der Waals surface area contributed by atoms with Gasteiger partial charge in [0.2, 0.25) is 5.91 Å². The highest BCUT2D eigenvalue weighted by Gasteiger charge is 2.28. The number of ether oxygens (including phenoxy) is 1. The zero-order valence-corrected chi connectivity index (χ0v) is 19.4. The van der Waals surface area contributed by atoms with Gasteiger partial charge in [-0.3, -0.25) is 9.59 Å². The zero-order chi connectivity index (χ0) is 24.3. The van der Waals surface area contributed by atoms with Gasteiger partial charge in [-0.25, -0.2) is 8.78 Å². The number of hydrogen-bond acceptors (Lipinski definition) is 4. The van der Waals surface area contributed by atoms with Crippen LogP contribution < -0.4 is 5.32 Å². The summed E-state index contributed by atoms with van der Waals surface area (Å²) in [6.07, 6.45) is 5.52. The molecule has 0 spiro atoms. The van der Waals surface area contributed by atoms with Gasteiger partial charge in [-0.15, -0.1) is 0 Å². The van der Waals surface area contributed by atoms with Crippen molar-refractivity contribution in [3.05, 3.63) is 76.8 Å². The molecule has 8 heteroatoms. The van der Waals surface area contributed by atoms with Crippen LogP contribution in [0.25, 0.3) is 5.57 Å². The number of amides is 2. The number of carbonyl (C=O) groups excluding carboxylic acids is 2. The van der Waals surface area contributed by atoms with Crippen molar-refractivity contribution < 1.29 is 23.1 Å². The first kappa shape index (κ1) is 24.4. The standard InChI is InChI=1S/C25H29F2N3O3/c1-15-6-7-30(16(2)10-15)23(13-20-14-29(18(4)31)8-9-33-20)17(3)24-21(26)11-19(12-22(24)27)25(32)28-5/h6-7,10-12,20H,2,8-9,13-14H2,1,3-5H3,(H,28,32)/b23-17+. The summed E-state index contributed by atoms with van der Waals surface area (Å²) < 4.78 is 36.0. The minimum atomic E-state index is -0.836. The molecule has 3 rings (SSSR count). The van der Waals surface area contributed by atoms with Crippen LogP contribution in [-0.2, 0) is 9.53 Å². The summed E-state index contributed by atoms with van der Waals surface area (Å²) in [5.41, 5.74) is 2.28. The lowest BCUT2D eigenvalue weighted by Crippen LogP contribution is -2.45. The van der Waals surface area contributed by atoms with Crippen LogP contribution in [0, 0.1) is 11.6 Å². The number of carbonyl (C=O) groups is 2. The molecular formula is C25H29F2N3O3. The largest absolute Gasteiger partial charge is 0.374 e. The fourth-order valence-corrected chi connectivity index (χ4v) is 4.06. The molecule has 1 unspecified atom stereocenters. The van der Waals surface area contributed by atoms with Gasteiger partial charge in [0.05, 0.1) is 18.3 Å². The molecule has 0 radical (unpaired) electrons. The molecule has 1 atom stereocenters. The van der Waals surface area contributed by atoms with Crippen molar-refractivity contribution >= 4 is 17.4 Å². The van der Waals surface area contributed by atoms with Gasteiger partial charge in [0.1, 0.15) is 11.6 Å². The van der Waals surface area contributed by atoms with Crippen LogP contribution in [-0.4, -0.2) is 54.5 Å². The van der Waals surface area contributed by atoms with Gasteiger partial charge >= 0.3 is 0 Å². The van der Waals surface area contributed by atoms with Gasteiger partial charge in [0.25, 0.3) is 5.91 Å². The van der Waals surface area contributed by atoms with E-state index >= 15 is 8.78 Å². The van der Waals surface area contributed by atoms with Crippen molar-refractivity contribution in [2.75, 3.05) is 26.7 Å². The summed E-state index contributed by atoms with van der Waals surface area (Å²) in [7, 11) is 1.40. The van der Waals surface area contributed by atoms with E-state index in [1.807, 2.05) is 19.1 Å². The van der Waals surface area contributed by atoms with E-state index in [1.165, 1.54) is 14.0 Å². The Kier molecular flexibility index (Phi) is 7.48. The molecule has 0 bridgehead atoms. The number of benzene rings is 1. The third-order valence-electron chi connectivity index (χ3n) is 5.83. The highest BCUT2D eigenvalue weighted by atomic mass is 19.1. The van der Waals surface area contributed by atoms with Gasteiger partial charge in [-0.2, -0.15) is 0 Å². The minimum Gasteiger partial charge on any atom is -0.374 e. The summed E-state index contributed by atoms with van der Waals surface area (Å²) in [6.45, 7) is 10.4. The second-order valence-electron chi connectivity index (χ2n) is 8.19. The fourth-order valence-electron chi connectivity index (χ4n) is 4.06. The van der Waals surface area contributed by atoms with E-state index in [2.05, 4.69) is 11.9 Å². The van der Waals surface area contributed by atoms with Crippen LogP contribution in [0.1, 0.15) is 43.1 Å². The maximum absolute atomic E-state index is 15.1. The summed E-state index contributed by atoms with van der Waals surface area (Å²) in [6, 6.07) is 2.05. The summed E-state index contributed by atoms with van der Waals surface area (Å²) in [4.78, 5) is 27.2. The molecule has 2 aliphatic rings. The van der Waals surface area contributed by atoms with Crippen molar-refractivity contribution in [1.82, 2.24) is 15.1 Å². The van der Waals surface area contributed by atoms with E-state index in [0.717, 1.165) is 17.7 Å². The summed E-state index contributed by atoms with van der Waals surface area (Å²) >= 11 is 0. The number of morpholine rings is 1. The Morgan fingerprint density at radius 3 is 2.48 bits per heavy atom. The van der Waals surface area contributed by atoms with Gasteiger partial charge in [-0.1, -0.05) is 6.58 Å². The predicted octanol–water partition coefficient (Wildman–Crippen LogP) is 3.98. The monoisotopic (exact) mass is 457 g/mol. The molecule has 33 heavy (non-hydrogen) atoms. The number of rotatable bonds is 5. The maximum Gasteiger partial charge on any atom is 0.251 e. The molecule has 0 aliphatic carbocycles. The number of hydrogen-bond donors (Lipinski definition) is 1. The highest BCUT2D eigenvalue weighted by Crippen LogP contribution is 2.34. The molecule has 1 aromatic rings. The van der Waals surface area contributed by atoms with E-state index in [0.29, 0.717) is 43.1 Å². The van der Waals surface area contributed by atoms with Crippen LogP contribution in [0.4, 0.5) is 8.78 Å². The Labute approximate surface area is 192 Å². The van der Waals surface area contributed by atoms with Crippen molar-refractivity contribution in [1.29, 1.82) is 0 Å². The summed E-state index contributed by atoms with van der Waals surface area (Å²) in [5.74, 6) is -2.30. The van der Waals surface area contributed by atoms with Crippen molar-refractivity contribution in [3.63, 3.8) is 0 Å². The Balaban J connectivity index is 2.07. The number of nitrogens with one attached hydrogen (secondary N) is 1. The van der Waals surface area contributed by atoms with E-state index in [-0.39, 0.29) is 23.1 Å². The molecule has 2 amide bonds.